The maximum absolute atomic E-state index is 3.68. The topological polar surface area (TPSA) is 24.1 Å². The Morgan fingerprint density at radius 2 is 2.00 bits per heavy atom. The van der Waals surface area contributed by atoms with Gasteiger partial charge in [0.05, 0.1) is 0 Å². The summed E-state index contributed by atoms with van der Waals surface area (Å²) < 4.78 is 0. The second-order valence-electron chi connectivity index (χ2n) is 4.75. The van der Waals surface area contributed by atoms with Crippen LogP contribution >= 0.6 is 0 Å². The monoisotopic (exact) mass is 182 g/mol. The van der Waals surface area contributed by atoms with Crippen LogP contribution in [0.25, 0.3) is 0 Å². The van der Waals surface area contributed by atoms with Gasteiger partial charge in [0, 0.05) is 25.2 Å². The molecule has 2 fully saturated rings. The van der Waals surface area contributed by atoms with Crippen LogP contribution in [0.2, 0.25) is 0 Å². The molecule has 76 valence electrons. The number of piperazine rings is 1. The zero-order valence-electron chi connectivity index (χ0n) is 8.84. The zero-order chi connectivity index (χ0) is 9.26. The average Bonchev–Trinajstić information content (AvgIpc) is 3.00. The Morgan fingerprint density at radius 3 is 2.46 bits per heavy atom. The molecule has 0 aromatic carbocycles. The summed E-state index contributed by atoms with van der Waals surface area (Å²) in [6.45, 7) is 6.99. The fourth-order valence-corrected chi connectivity index (χ4v) is 2.22. The van der Waals surface area contributed by atoms with Gasteiger partial charge < -0.3 is 10.6 Å². The quantitative estimate of drug-likeness (QED) is 0.689. The predicted molar refractivity (Wildman–Crippen MR) is 55.8 cm³/mol. The Kier molecular flexibility index (Phi) is 2.89. The highest BCUT2D eigenvalue weighted by Crippen LogP contribution is 2.33. The number of hydrogen-bond donors (Lipinski definition) is 2. The van der Waals surface area contributed by atoms with Crippen LogP contribution in [-0.4, -0.2) is 25.2 Å². The summed E-state index contributed by atoms with van der Waals surface area (Å²) >= 11 is 0. The van der Waals surface area contributed by atoms with Crippen molar-refractivity contribution in [1.29, 1.82) is 0 Å². The smallest absolute Gasteiger partial charge is 0.0221 e. The van der Waals surface area contributed by atoms with Crippen molar-refractivity contribution in [1.82, 2.24) is 10.6 Å². The summed E-state index contributed by atoms with van der Waals surface area (Å²) in [7, 11) is 0. The second kappa shape index (κ2) is 3.97. The van der Waals surface area contributed by atoms with E-state index in [2.05, 4.69) is 24.5 Å². The third-order valence-electron chi connectivity index (χ3n) is 3.72. The maximum Gasteiger partial charge on any atom is 0.0221 e. The van der Waals surface area contributed by atoms with E-state index in [1.165, 1.54) is 32.4 Å². The van der Waals surface area contributed by atoms with Crippen molar-refractivity contribution in [2.45, 2.75) is 45.2 Å². The lowest BCUT2D eigenvalue weighted by Gasteiger charge is -2.34. The van der Waals surface area contributed by atoms with Gasteiger partial charge in [-0.25, -0.2) is 0 Å². The fourth-order valence-electron chi connectivity index (χ4n) is 2.22. The van der Waals surface area contributed by atoms with Crippen LogP contribution in [0.3, 0.4) is 0 Å². The minimum atomic E-state index is 0.708. The summed E-state index contributed by atoms with van der Waals surface area (Å²) in [5, 5.41) is 7.36. The number of hydrogen-bond acceptors (Lipinski definition) is 2. The molecule has 0 bridgehead atoms. The molecule has 1 saturated heterocycles. The first-order valence-electron chi connectivity index (χ1n) is 5.78. The second-order valence-corrected chi connectivity index (χ2v) is 4.75. The van der Waals surface area contributed by atoms with Gasteiger partial charge in [0.2, 0.25) is 0 Å². The molecule has 1 aliphatic carbocycles. The molecule has 2 aliphatic rings. The molecule has 0 spiro atoms. The lowest BCUT2D eigenvalue weighted by molar-refractivity contribution is 0.265. The van der Waals surface area contributed by atoms with Crippen LogP contribution in [0.4, 0.5) is 0 Å². The highest BCUT2D eigenvalue weighted by molar-refractivity contribution is 4.93. The van der Waals surface area contributed by atoms with Gasteiger partial charge in [0.25, 0.3) is 0 Å². The summed E-state index contributed by atoms with van der Waals surface area (Å²) in [6.07, 6.45) is 4.19. The first-order chi connectivity index (χ1) is 6.31. The van der Waals surface area contributed by atoms with E-state index in [0.717, 1.165) is 17.9 Å². The van der Waals surface area contributed by atoms with Gasteiger partial charge in [-0.1, -0.05) is 20.3 Å². The van der Waals surface area contributed by atoms with Crippen LogP contribution in [0.15, 0.2) is 0 Å². The molecule has 3 unspecified atom stereocenters. The van der Waals surface area contributed by atoms with Crippen molar-refractivity contribution in [2.24, 2.45) is 11.8 Å². The Bertz CT molecular complexity index is 157. The molecule has 1 aliphatic heterocycles. The molecule has 1 heterocycles. The molecule has 2 heteroatoms. The van der Waals surface area contributed by atoms with E-state index in [9.17, 15) is 0 Å². The van der Waals surface area contributed by atoms with Crippen LogP contribution in [0, 0.1) is 11.8 Å². The summed E-state index contributed by atoms with van der Waals surface area (Å²) in [5.74, 6) is 1.80. The van der Waals surface area contributed by atoms with E-state index in [-0.39, 0.29) is 0 Å². The number of rotatable bonds is 3. The SMILES string of the molecule is CCC(C)C1CNC(C2CC2)CN1. The zero-order valence-corrected chi connectivity index (χ0v) is 8.84. The van der Waals surface area contributed by atoms with Gasteiger partial charge in [-0.15, -0.1) is 0 Å². The summed E-state index contributed by atoms with van der Waals surface area (Å²) in [4.78, 5) is 0. The van der Waals surface area contributed by atoms with Gasteiger partial charge in [-0.3, -0.25) is 0 Å². The molecule has 0 aromatic heterocycles. The van der Waals surface area contributed by atoms with Gasteiger partial charge in [-0.2, -0.15) is 0 Å². The van der Waals surface area contributed by atoms with Crippen molar-refractivity contribution in [3.63, 3.8) is 0 Å². The van der Waals surface area contributed by atoms with Crippen molar-refractivity contribution in [3.8, 4) is 0 Å². The molecule has 0 amide bonds. The molecular weight excluding hydrogens is 160 g/mol. The molecule has 2 N–H and O–H groups in total. The van der Waals surface area contributed by atoms with E-state index < -0.39 is 0 Å². The van der Waals surface area contributed by atoms with E-state index in [1.54, 1.807) is 0 Å². The molecule has 3 atom stereocenters. The molecule has 13 heavy (non-hydrogen) atoms. The minimum Gasteiger partial charge on any atom is -0.311 e. The molecule has 0 aromatic rings. The van der Waals surface area contributed by atoms with Crippen molar-refractivity contribution < 1.29 is 0 Å². The first-order valence-corrected chi connectivity index (χ1v) is 5.78. The maximum atomic E-state index is 3.68. The van der Waals surface area contributed by atoms with Crippen LogP contribution < -0.4 is 10.6 Å². The Hall–Kier alpha value is -0.0800. The third-order valence-corrected chi connectivity index (χ3v) is 3.72. The van der Waals surface area contributed by atoms with E-state index in [4.69, 9.17) is 0 Å². The van der Waals surface area contributed by atoms with Crippen molar-refractivity contribution >= 4 is 0 Å². The summed E-state index contributed by atoms with van der Waals surface area (Å²) in [5.41, 5.74) is 0. The predicted octanol–water partition coefficient (Wildman–Crippen LogP) is 1.37. The van der Waals surface area contributed by atoms with E-state index >= 15 is 0 Å². The lowest BCUT2D eigenvalue weighted by Crippen LogP contribution is -2.57. The Morgan fingerprint density at radius 1 is 1.23 bits per heavy atom. The Balaban J connectivity index is 1.74. The van der Waals surface area contributed by atoms with Gasteiger partial charge in [0.15, 0.2) is 0 Å². The molecule has 2 rings (SSSR count). The van der Waals surface area contributed by atoms with Crippen LogP contribution in [-0.2, 0) is 0 Å². The van der Waals surface area contributed by atoms with Gasteiger partial charge in [0.1, 0.15) is 0 Å². The van der Waals surface area contributed by atoms with Gasteiger partial charge in [-0.05, 0) is 24.7 Å². The fraction of sp³-hybridized carbons (Fsp3) is 1.00. The summed E-state index contributed by atoms with van der Waals surface area (Å²) in [6, 6.07) is 1.49. The van der Waals surface area contributed by atoms with E-state index in [0.29, 0.717) is 6.04 Å². The highest BCUT2D eigenvalue weighted by Gasteiger charge is 2.34. The molecule has 1 saturated carbocycles. The minimum absolute atomic E-state index is 0.708. The molecule has 2 nitrogen and oxygen atoms in total. The molecular formula is C11H22N2. The third kappa shape index (κ3) is 2.23. The van der Waals surface area contributed by atoms with Crippen LogP contribution in [0.1, 0.15) is 33.1 Å². The normalized spacial score (nSPS) is 37.4. The standard InChI is InChI=1S/C11H22N2/c1-3-8(2)10-6-13-11(7-12-10)9-4-5-9/h8-13H,3-7H2,1-2H3. The van der Waals surface area contributed by atoms with Crippen molar-refractivity contribution in [3.05, 3.63) is 0 Å². The lowest BCUT2D eigenvalue weighted by atomic mass is 9.96. The van der Waals surface area contributed by atoms with Crippen LogP contribution in [0.5, 0.6) is 0 Å². The number of nitrogens with one attached hydrogen (secondary N) is 2. The van der Waals surface area contributed by atoms with E-state index in [1.807, 2.05) is 0 Å². The largest absolute Gasteiger partial charge is 0.311 e. The molecule has 0 radical (unpaired) electrons. The first kappa shape index (κ1) is 9.47. The highest BCUT2D eigenvalue weighted by atomic mass is 15.1. The Labute approximate surface area is 81.5 Å². The average molecular weight is 182 g/mol. The van der Waals surface area contributed by atoms with Gasteiger partial charge >= 0.3 is 0 Å². The van der Waals surface area contributed by atoms with Crippen molar-refractivity contribution in [2.75, 3.05) is 13.1 Å².